The largest absolute Gasteiger partial charge is 0.469 e. The summed E-state index contributed by atoms with van der Waals surface area (Å²) >= 11 is 0. The van der Waals surface area contributed by atoms with Crippen molar-refractivity contribution in [2.75, 3.05) is 19.4 Å². The van der Waals surface area contributed by atoms with Crippen molar-refractivity contribution in [1.29, 1.82) is 0 Å². The van der Waals surface area contributed by atoms with Crippen LogP contribution in [-0.4, -0.2) is 40.7 Å². The van der Waals surface area contributed by atoms with E-state index in [-0.39, 0.29) is 17.3 Å². The number of hydrogen-bond acceptors (Lipinski definition) is 4. The van der Waals surface area contributed by atoms with Gasteiger partial charge in [0.05, 0.1) is 13.5 Å². The number of rotatable bonds is 8. The van der Waals surface area contributed by atoms with Gasteiger partial charge in [-0.1, -0.05) is 6.92 Å². The van der Waals surface area contributed by atoms with Gasteiger partial charge in [0.15, 0.2) is 0 Å². The molecule has 1 rings (SSSR count). The summed E-state index contributed by atoms with van der Waals surface area (Å²) in [6.07, 6.45) is 2.93. The van der Waals surface area contributed by atoms with Crippen LogP contribution in [0.25, 0.3) is 0 Å². The maximum Gasteiger partial charge on any atom is 0.306 e. The Balaban J connectivity index is 2.46. The fourth-order valence-electron chi connectivity index (χ4n) is 1.87. The van der Waals surface area contributed by atoms with Crippen molar-refractivity contribution in [3.8, 4) is 0 Å². The number of nitrogens with one attached hydrogen (secondary N) is 1. The highest BCUT2D eigenvalue weighted by Gasteiger charge is 2.46. The second kappa shape index (κ2) is 7.03. The Morgan fingerprint density at radius 3 is 2.53 bits per heavy atom. The van der Waals surface area contributed by atoms with Crippen molar-refractivity contribution in [1.82, 2.24) is 5.32 Å². The molecule has 1 saturated carbocycles. The van der Waals surface area contributed by atoms with E-state index in [4.69, 9.17) is 0 Å². The van der Waals surface area contributed by atoms with Gasteiger partial charge in [-0.2, -0.15) is 0 Å². The first kappa shape index (κ1) is 16.1. The summed E-state index contributed by atoms with van der Waals surface area (Å²) < 4.78 is 16.8. The molecule has 0 aromatic carbocycles. The van der Waals surface area contributed by atoms with E-state index in [1.807, 2.05) is 6.92 Å². The van der Waals surface area contributed by atoms with Crippen LogP contribution in [0.2, 0.25) is 0 Å². The van der Waals surface area contributed by atoms with E-state index >= 15 is 0 Å². The lowest BCUT2D eigenvalue weighted by molar-refractivity contribution is -0.141. The predicted octanol–water partition coefficient (Wildman–Crippen LogP) is 0.993. The molecule has 0 radical (unpaired) electrons. The Hall–Kier alpha value is -0.910. The molecule has 1 fully saturated rings. The molecule has 0 heterocycles. The van der Waals surface area contributed by atoms with Gasteiger partial charge in [-0.15, -0.1) is 0 Å². The van der Waals surface area contributed by atoms with Crippen molar-refractivity contribution in [3.63, 3.8) is 0 Å². The van der Waals surface area contributed by atoms with Gasteiger partial charge in [0.2, 0.25) is 5.91 Å². The van der Waals surface area contributed by atoms with E-state index < -0.39 is 16.0 Å². The summed E-state index contributed by atoms with van der Waals surface area (Å²) in [5.41, 5.74) is -0.197. The molecule has 19 heavy (non-hydrogen) atoms. The fraction of sp³-hybridized carbons (Fsp3) is 0.846. The quantitative estimate of drug-likeness (QED) is 0.676. The van der Waals surface area contributed by atoms with Gasteiger partial charge in [0.25, 0.3) is 0 Å². The van der Waals surface area contributed by atoms with Crippen LogP contribution >= 0.6 is 0 Å². The average Bonchev–Trinajstić information content (AvgIpc) is 3.13. The van der Waals surface area contributed by atoms with Crippen LogP contribution in [0.5, 0.6) is 0 Å². The Morgan fingerprint density at radius 1 is 1.42 bits per heavy atom. The lowest BCUT2D eigenvalue weighted by Crippen LogP contribution is -2.37. The summed E-state index contributed by atoms with van der Waals surface area (Å²) in [6.45, 7) is 4.25. The van der Waals surface area contributed by atoms with Crippen LogP contribution in [0, 0.1) is 5.41 Å². The summed E-state index contributed by atoms with van der Waals surface area (Å²) in [6, 6.07) is 0. The van der Waals surface area contributed by atoms with Gasteiger partial charge in [0.1, 0.15) is 5.25 Å². The Kier molecular flexibility index (Phi) is 5.97. The second-order valence-corrected chi connectivity index (χ2v) is 6.97. The molecule has 0 aliphatic heterocycles. The molecule has 5 nitrogen and oxygen atoms in total. The number of methoxy groups -OCH3 is 1. The van der Waals surface area contributed by atoms with E-state index in [1.165, 1.54) is 7.11 Å². The molecule has 110 valence electrons. The highest BCUT2D eigenvalue weighted by Crippen LogP contribution is 2.49. The summed E-state index contributed by atoms with van der Waals surface area (Å²) in [7, 11) is 0.114. The average molecular weight is 289 g/mol. The lowest BCUT2D eigenvalue weighted by Gasteiger charge is -2.17. The van der Waals surface area contributed by atoms with Crippen molar-refractivity contribution in [3.05, 3.63) is 0 Å². The van der Waals surface area contributed by atoms with Crippen molar-refractivity contribution >= 4 is 22.7 Å². The molecule has 0 saturated heterocycles. The SMILES string of the molecule is CCCNC(=O)C(C)S(=O)CC1(CC(=O)OC)CC1. The zero-order valence-electron chi connectivity index (χ0n) is 11.9. The summed E-state index contributed by atoms with van der Waals surface area (Å²) in [4.78, 5) is 23.0. The van der Waals surface area contributed by atoms with Crippen molar-refractivity contribution < 1.29 is 18.5 Å². The fourth-order valence-corrected chi connectivity index (χ4v) is 3.43. The number of esters is 1. The van der Waals surface area contributed by atoms with Gasteiger partial charge in [-0.05, 0) is 31.6 Å². The lowest BCUT2D eigenvalue weighted by atomic mass is 10.1. The molecule has 1 amide bonds. The minimum absolute atomic E-state index is 0.172. The number of carbonyl (C=O) groups excluding carboxylic acids is 2. The number of carbonyl (C=O) groups is 2. The van der Waals surface area contributed by atoms with E-state index in [0.717, 1.165) is 19.3 Å². The van der Waals surface area contributed by atoms with Crippen LogP contribution in [0.1, 0.15) is 39.5 Å². The molecule has 2 atom stereocenters. The highest BCUT2D eigenvalue weighted by atomic mass is 32.2. The second-order valence-electron chi connectivity index (χ2n) is 5.21. The van der Waals surface area contributed by atoms with Gasteiger partial charge in [-0.25, -0.2) is 0 Å². The first-order valence-electron chi connectivity index (χ1n) is 6.66. The Bertz CT molecular complexity index is 366. The first-order valence-corrected chi connectivity index (χ1v) is 8.04. The number of amides is 1. The third-order valence-electron chi connectivity index (χ3n) is 3.47. The van der Waals surface area contributed by atoms with E-state index in [9.17, 15) is 13.8 Å². The maximum absolute atomic E-state index is 12.2. The molecule has 1 N–H and O–H groups in total. The van der Waals surface area contributed by atoms with Crippen molar-refractivity contribution in [2.24, 2.45) is 5.41 Å². The third kappa shape index (κ3) is 4.93. The topological polar surface area (TPSA) is 72.5 Å². The standard InChI is InChI=1S/C13H23NO4S/c1-4-7-14-12(16)10(2)19(17)9-13(5-6-13)8-11(15)18-3/h10H,4-9H2,1-3H3,(H,14,16). The van der Waals surface area contributed by atoms with Gasteiger partial charge < -0.3 is 10.1 Å². The molecule has 0 spiro atoms. The minimum atomic E-state index is -1.24. The van der Waals surface area contributed by atoms with E-state index in [2.05, 4.69) is 10.1 Å². The monoisotopic (exact) mass is 289 g/mol. The Morgan fingerprint density at radius 2 is 2.05 bits per heavy atom. The molecule has 0 aromatic rings. The Labute approximate surface area is 116 Å². The molecular weight excluding hydrogens is 266 g/mol. The van der Waals surface area contributed by atoms with Gasteiger partial charge in [0, 0.05) is 23.1 Å². The molecule has 1 aliphatic rings. The summed E-state index contributed by atoms with van der Waals surface area (Å²) in [5, 5.41) is 2.22. The molecule has 2 unspecified atom stereocenters. The molecule has 6 heteroatoms. The van der Waals surface area contributed by atoms with Crippen LogP contribution in [-0.2, 0) is 25.1 Å². The van der Waals surface area contributed by atoms with Crippen LogP contribution < -0.4 is 5.32 Å². The predicted molar refractivity (Wildman–Crippen MR) is 74.1 cm³/mol. The number of ether oxygens (including phenoxy) is 1. The van der Waals surface area contributed by atoms with Gasteiger partial charge >= 0.3 is 5.97 Å². The first-order chi connectivity index (χ1) is 8.94. The maximum atomic E-state index is 12.2. The number of hydrogen-bond donors (Lipinski definition) is 1. The summed E-state index contributed by atoms with van der Waals surface area (Å²) in [5.74, 6) is -0.0327. The zero-order chi connectivity index (χ0) is 14.5. The molecule has 0 aromatic heterocycles. The van der Waals surface area contributed by atoms with Crippen LogP contribution in [0.3, 0.4) is 0 Å². The zero-order valence-corrected chi connectivity index (χ0v) is 12.7. The molecular formula is C13H23NO4S. The minimum Gasteiger partial charge on any atom is -0.469 e. The molecule has 1 aliphatic carbocycles. The van der Waals surface area contributed by atoms with Crippen LogP contribution in [0.15, 0.2) is 0 Å². The van der Waals surface area contributed by atoms with Gasteiger partial charge in [-0.3, -0.25) is 13.8 Å². The normalized spacial score (nSPS) is 19.3. The van der Waals surface area contributed by atoms with E-state index in [1.54, 1.807) is 6.92 Å². The van der Waals surface area contributed by atoms with Crippen LogP contribution in [0.4, 0.5) is 0 Å². The smallest absolute Gasteiger partial charge is 0.306 e. The highest BCUT2D eigenvalue weighted by molar-refractivity contribution is 7.86. The molecule has 0 bridgehead atoms. The third-order valence-corrected chi connectivity index (χ3v) is 5.36. The van der Waals surface area contributed by atoms with E-state index in [0.29, 0.717) is 18.7 Å². The van der Waals surface area contributed by atoms with Crippen molar-refractivity contribution in [2.45, 2.75) is 44.8 Å².